The van der Waals surface area contributed by atoms with Gasteiger partial charge in [0.25, 0.3) is 5.56 Å². The van der Waals surface area contributed by atoms with E-state index in [1.807, 2.05) is 31.2 Å². The SMILES string of the molecule is CCOc1ccc(Cc2nnc(SCC(=O)Nc3cccc(Cl)c3)[nH]c2=O)cc1. The number of benzene rings is 2. The van der Waals surface area contributed by atoms with Crippen molar-refractivity contribution in [3.8, 4) is 5.75 Å². The van der Waals surface area contributed by atoms with Crippen molar-refractivity contribution in [2.75, 3.05) is 17.7 Å². The second-order valence-electron chi connectivity index (χ2n) is 6.01. The van der Waals surface area contributed by atoms with Gasteiger partial charge >= 0.3 is 0 Å². The molecule has 0 aliphatic carbocycles. The monoisotopic (exact) mass is 430 g/mol. The van der Waals surface area contributed by atoms with Crippen LogP contribution in [0.2, 0.25) is 5.02 Å². The maximum Gasteiger partial charge on any atom is 0.273 e. The highest BCUT2D eigenvalue weighted by molar-refractivity contribution is 7.99. The highest BCUT2D eigenvalue weighted by atomic mass is 35.5. The third-order valence-electron chi connectivity index (χ3n) is 3.80. The van der Waals surface area contributed by atoms with Crippen LogP contribution in [-0.4, -0.2) is 33.4 Å². The zero-order chi connectivity index (χ0) is 20.6. The average molecular weight is 431 g/mol. The highest BCUT2D eigenvalue weighted by Gasteiger charge is 2.09. The van der Waals surface area contributed by atoms with Crippen LogP contribution in [-0.2, 0) is 11.2 Å². The van der Waals surface area contributed by atoms with Gasteiger partial charge in [0.2, 0.25) is 5.91 Å². The maximum atomic E-state index is 12.3. The van der Waals surface area contributed by atoms with Gasteiger partial charge < -0.3 is 10.1 Å². The van der Waals surface area contributed by atoms with E-state index in [0.717, 1.165) is 23.1 Å². The molecule has 1 heterocycles. The minimum Gasteiger partial charge on any atom is -0.494 e. The fourth-order valence-corrected chi connectivity index (χ4v) is 3.28. The van der Waals surface area contributed by atoms with E-state index in [-0.39, 0.29) is 22.4 Å². The number of amides is 1. The van der Waals surface area contributed by atoms with Crippen LogP contribution in [0, 0.1) is 0 Å². The van der Waals surface area contributed by atoms with Gasteiger partial charge in [-0.3, -0.25) is 14.6 Å². The Kier molecular flexibility index (Phi) is 7.26. The molecule has 2 N–H and O–H groups in total. The van der Waals surface area contributed by atoms with Gasteiger partial charge in [-0.25, -0.2) is 0 Å². The fourth-order valence-electron chi connectivity index (χ4n) is 2.49. The topological polar surface area (TPSA) is 97.0 Å². The van der Waals surface area contributed by atoms with Gasteiger partial charge in [0.05, 0.1) is 12.4 Å². The van der Waals surface area contributed by atoms with E-state index in [0.29, 0.717) is 29.4 Å². The molecular weight excluding hydrogens is 412 g/mol. The van der Waals surface area contributed by atoms with Crippen LogP contribution < -0.4 is 15.6 Å². The van der Waals surface area contributed by atoms with Gasteiger partial charge in [-0.05, 0) is 42.8 Å². The van der Waals surface area contributed by atoms with E-state index in [9.17, 15) is 9.59 Å². The van der Waals surface area contributed by atoms with E-state index in [2.05, 4.69) is 20.5 Å². The molecule has 2 aromatic carbocycles. The predicted molar refractivity (Wildman–Crippen MR) is 114 cm³/mol. The Morgan fingerprint density at radius 2 is 2.00 bits per heavy atom. The summed E-state index contributed by atoms with van der Waals surface area (Å²) in [6.07, 6.45) is 0.356. The van der Waals surface area contributed by atoms with Crippen LogP contribution in [0.25, 0.3) is 0 Å². The summed E-state index contributed by atoms with van der Waals surface area (Å²) in [6, 6.07) is 14.3. The molecule has 0 radical (unpaired) electrons. The van der Waals surface area contributed by atoms with Crippen molar-refractivity contribution in [3.63, 3.8) is 0 Å². The Bertz CT molecular complexity index is 1040. The van der Waals surface area contributed by atoms with E-state index < -0.39 is 0 Å². The lowest BCUT2D eigenvalue weighted by molar-refractivity contribution is -0.113. The van der Waals surface area contributed by atoms with Crippen LogP contribution in [0.15, 0.2) is 58.5 Å². The van der Waals surface area contributed by atoms with Crippen LogP contribution in [0.1, 0.15) is 18.2 Å². The number of anilines is 1. The first-order chi connectivity index (χ1) is 14.0. The smallest absolute Gasteiger partial charge is 0.273 e. The molecule has 0 bridgehead atoms. The Balaban J connectivity index is 1.56. The Hall–Kier alpha value is -2.84. The van der Waals surface area contributed by atoms with Crippen molar-refractivity contribution in [2.45, 2.75) is 18.5 Å². The zero-order valence-electron chi connectivity index (χ0n) is 15.6. The van der Waals surface area contributed by atoms with Gasteiger partial charge in [-0.1, -0.05) is 41.6 Å². The van der Waals surface area contributed by atoms with Crippen molar-refractivity contribution in [3.05, 3.63) is 75.2 Å². The Labute approximate surface area is 176 Å². The molecule has 0 aliphatic heterocycles. The minimum absolute atomic E-state index is 0.0787. The molecule has 1 amide bonds. The Morgan fingerprint density at radius 1 is 1.21 bits per heavy atom. The van der Waals surface area contributed by atoms with E-state index in [4.69, 9.17) is 16.3 Å². The highest BCUT2D eigenvalue weighted by Crippen LogP contribution is 2.17. The molecule has 3 rings (SSSR count). The van der Waals surface area contributed by atoms with Crippen molar-refractivity contribution < 1.29 is 9.53 Å². The first kappa shape index (κ1) is 20.9. The van der Waals surface area contributed by atoms with E-state index >= 15 is 0 Å². The summed E-state index contributed by atoms with van der Waals surface area (Å²) < 4.78 is 5.40. The second-order valence-corrected chi connectivity index (χ2v) is 7.41. The van der Waals surface area contributed by atoms with Gasteiger partial charge in [-0.2, -0.15) is 0 Å². The van der Waals surface area contributed by atoms with Crippen LogP contribution in [0.5, 0.6) is 5.75 Å². The summed E-state index contributed by atoms with van der Waals surface area (Å²) in [7, 11) is 0. The standard InChI is InChI=1S/C20H19ClN4O3S/c1-2-28-16-8-6-13(7-9-16)10-17-19(27)23-20(25-24-17)29-12-18(26)22-15-5-3-4-14(21)11-15/h3-9,11H,2,10,12H2,1H3,(H,22,26)(H,23,25,27). The quantitative estimate of drug-likeness (QED) is 0.530. The van der Waals surface area contributed by atoms with Crippen LogP contribution in [0.4, 0.5) is 5.69 Å². The van der Waals surface area contributed by atoms with Gasteiger partial charge in [0.1, 0.15) is 11.4 Å². The number of ether oxygens (including phenoxy) is 1. The number of aromatic nitrogens is 3. The fraction of sp³-hybridized carbons (Fsp3) is 0.200. The minimum atomic E-state index is -0.327. The molecule has 0 aliphatic rings. The summed E-state index contributed by atoms with van der Waals surface area (Å²) in [4.78, 5) is 27.0. The molecule has 0 fully saturated rings. The predicted octanol–water partition coefficient (Wildman–Crippen LogP) is 3.54. The first-order valence-corrected chi connectivity index (χ1v) is 10.3. The van der Waals surface area contributed by atoms with Gasteiger partial charge in [0, 0.05) is 17.1 Å². The molecule has 0 spiro atoms. The summed E-state index contributed by atoms with van der Waals surface area (Å²) in [6.45, 7) is 2.52. The molecule has 0 saturated heterocycles. The number of aromatic amines is 1. The first-order valence-electron chi connectivity index (χ1n) is 8.89. The van der Waals surface area contributed by atoms with Crippen LogP contribution >= 0.6 is 23.4 Å². The van der Waals surface area contributed by atoms with Crippen molar-refractivity contribution in [2.24, 2.45) is 0 Å². The second kappa shape index (κ2) is 10.1. The molecule has 0 saturated carbocycles. The van der Waals surface area contributed by atoms with Crippen molar-refractivity contribution in [1.29, 1.82) is 0 Å². The molecular formula is C20H19ClN4O3S. The number of H-pyrrole nitrogens is 1. The molecule has 1 aromatic heterocycles. The number of rotatable bonds is 8. The molecule has 0 atom stereocenters. The van der Waals surface area contributed by atoms with E-state index in [1.54, 1.807) is 24.3 Å². The van der Waals surface area contributed by atoms with Crippen LogP contribution in [0.3, 0.4) is 0 Å². The normalized spacial score (nSPS) is 10.6. The van der Waals surface area contributed by atoms with Crippen molar-refractivity contribution in [1.82, 2.24) is 15.2 Å². The number of hydrogen-bond donors (Lipinski definition) is 2. The number of carbonyl (C=O) groups excluding carboxylic acids is 1. The third-order valence-corrected chi connectivity index (χ3v) is 4.90. The molecule has 29 heavy (non-hydrogen) atoms. The Morgan fingerprint density at radius 3 is 2.69 bits per heavy atom. The zero-order valence-corrected chi connectivity index (χ0v) is 17.2. The molecule has 3 aromatic rings. The number of nitrogens with zero attached hydrogens (tertiary/aromatic N) is 2. The number of carbonyl (C=O) groups is 1. The van der Waals surface area contributed by atoms with E-state index in [1.165, 1.54) is 0 Å². The molecule has 7 nitrogen and oxygen atoms in total. The van der Waals surface area contributed by atoms with Gasteiger partial charge in [-0.15, -0.1) is 10.2 Å². The summed E-state index contributed by atoms with van der Waals surface area (Å²) in [5.74, 6) is 0.618. The maximum absolute atomic E-state index is 12.3. The lowest BCUT2D eigenvalue weighted by atomic mass is 10.1. The molecule has 9 heteroatoms. The lowest BCUT2D eigenvalue weighted by Gasteiger charge is -2.06. The third kappa shape index (κ3) is 6.33. The lowest BCUT2D eigenvalue weighted by Crippen LogP contribution is -2.19. The van der Waals surface area contributed by atoms with Gasteiger partial charge in [0.15, 0.2) is 5.16 Å². The summed E-state index contributed by atoms with van der Waals surface area (Å²) in [5.41, 5.74) is 1.51. The van der Waals surface area contributed by atoms with Crippen molar-refractivity contribution >= 4 is 35.0 Å². The summed E-state index contributed by atoms with van der Waals surface area (Å²) in [5, 5.41) is 11.6. The number of hydrogen-bond acceptors (Lipinski definition) is 6. The number of nitrogens with one attached hydrogen (secondary N) is 2. The molecule has 150 valence electrons. The molecule has 0 unspecified atom stereocenters. The summed E-state index contributed by atoms with van der Waals surface area (Å²) >= 11 is 6.99. The average Bonchev–Trinajstić information content (AvgIpc) is 2.70. The largest absolute Gasteiger partial charge is 0.494 e. The number of halogens is 1. The number of thioether (sulfide) groups is 1.